The molecule has 2 aromatic carbocycles. The number of hydrogen-bond acceptors (Lipinski definition) is 8. The van der Waals surface area contributed by atoms with E-state index >= 15 is 0 Å². The molecular weight excluding hydrogens is 514 g/mol. The molecule has 1 fully saturated rings. The highest BCUT2D eigenvalue weighted by Crippen LogP contribution is 2.44. The summed E-state index contributed by atoms with van der Waals surface area (Å²) in [5.41, 5.74) is 1.53. The molecule has 0 radical (unpaired) electrons. The minimum absolute atomic E-state index is 0.0425. The first-order valence-corrected chi connectivity index (χ1v) is 13.0. The summed E-state index contributed by atoms with van der Waals surface area (Å²) in [7, 11) is -2.78. The number of carbonyl (C=O) groups is 3. The molecule has 35 heavy (non-hydrogen) atoms. The van der Waals surface area contributed by atoms with Crippen molar-refractivity contribution in [3.05, 3.63) is 59.0 Å². The van der Waals surface area contributed by atoms with Crippen LogP contribution in [0.4, 0.5) is 11.4 Å². The van der Waals surface area contributed by atoms with E-state index in [1.165, 1.54) is 12.0 Å². The van der Waals surface area contributed by atoms with Gasteiger partial charge in [0.15, 0.2) is 0 Å². The maximum Gasteiger partial charge on any atom is 0.267 e. The van der Waals surface area contributed by atoms with E-state index in [0.29, 0.717) is 22.7 Å². The Morgan fingerprint density at radius 1 is 1.09 bits per heavy atom. The van der Waals surface area contributed by atoms with Crippen molar-refractivity contribution in [2.24, 2.45) is 0 Å². The highest BCUT2D eigenvalue weighted by atomic mass is 32.2. The van der Waals surface area contributed by atoms with Crippen LogP contribution in [0, 0.1) is 0 Å². The van der Waals surface area contributed by atoms with Crippen molar-refractivity contribution in [1.82, 2.24) is 4.90 Å². The first kappa shape index (κ1) is 24.9. The van der Waals surface area contributed by atoms with Crippen LogP contribution in [0.15, 0.2) is 53.4 Å². The topological polar surface area (TPSA) is 133 Å². The van der Waals surface area contributed by atoms with Gasteiger partial charge in [-0.25, -0.2) is 0 Å². The van der Waals surface area contributed by atoms with Crippen molar-refractivity contribution in [3.63, 3.8) is 0 Å². The fourth-order valence-corrected chi connectivity index (χ4v) is 5.42. The van der Waals surface area contributed by atoms with Gasteiger partial charge in [0.05, 0.1) is 29.0 Å². The minimum atomic E-state index is -4.31. The summed E-state index contributed by atoms with van der Waals surface area (Å²) in [6.45, 7) is -0.640. The fraction of sp³-hybridized carbons (Fsp3) is 0.182. The molecule has 2 N–H and O–H groups in total. The monoisotopic (exact) mass is 533 g/mol. The van der Waals surface area contributed by atoms with Crippen LogP contribution < -0.4 is 15.0 Å². The molecule has 4 rings (SSSR count). The van der Waals surface area contributed by atoms with Gasteiger partial charge in [0.1, 0.15) is 16.6 Å². The van der Waals surface area contributed by atoms with Crippen molar-refractivity contribution in [3.8, 4) is 5.75 Å². The van der Waals surface area contributed by atoms with Gasteiger partial charge in [-0.1, -0.05) is 42.2 Å². The van der Waals surface area contributed by atoms with Gasteiger partial charge in [-0.2, -0.15) is 8.42 Å². The molecule has 0 atom stereocenters. The number of thiocarbonyl (C=S) groups is 1. The average molecular weight is 534 g/mol. The van der Waals surface area contributed by atoms with E-state index < -0.39 is 33.6 Å². The highest BCUT2D eigenvalue weighted by Gasteiger charge is 2.42. The molecule has 2 aliphatic heterocycles. The molecule has 2 heterocycles. The molecule has 13 heteroatoms. The third-order valence-electron chi connectivity index (χ3n) is 5.25. The molecule has 1 saturated heterocycles. The Morgan fingerprint density at radius 2 is 1.77 bits per heavy atom. The van der Waals surface area contributed by atoms with Gasteiger partial charge in [0, 0.05) is 17.8 Å². The number of para-hydroxylation sites is 1. The second kappa shape index (κ2) is 9.77. The molecule has 0 aromatic heterocycles. The standard InChI is InChI=1S/C22H19N3O7S3/c1-32-14-8-6-13(7-9-14)23-17(26)12-25-16-5-3-2-4-15(16)18(20(25)27)19-21(28)24(22(33)34-19)10-11-35(29,30)31/h2-9H,10-12H2,1H3,(H,23,26)(H,29,30,31)/b19-18+. The summed E-state index contributed by atoms with van der Waals surface area (Å²) in [4.78, 5) is 41.5. The van der Waals surface area contributed by atoms with Crippen molar-refractivity contribution >= 4 is 73.1 Å². The normalized spacial score (nSPS) is 17.7. The smallest absolute Gasteiger partial charge is 0.267 e. The van der Waals surface area contributed by atoms with Crippen LogP contribution in [0.2, 0.25) is 0 Å². The first-order chi connectivity index (χ1) is 16.6. The Morgan fingerprint density at radius 3 is 2.43 bits per heavy atom. The summed E-state index contributed by atoms with van der Waals surface area (Å²) in [6, 6.07) is 13.4. The molecule has 0 spiro atoms. The van der Waals surface area contributed by atoms with Gasteiger partial charge in [0.25, 0.3) is 21.9 Å². The van der Waals surface area contributed by atoms with Gasteiger partial charge in [-0.05, 0) is 30.3 Å². The number of hydrogen-bond donors (Lipinski definition) is 2. The predicted octanol–water partition coefficient (Wildman–Crippen LogP) is 2.14. The van der Waals surface area contributed by atoms with Gasteiger partial charge >= 0.3 is 0 Å². The number of benzene rings is 2. The molecule has 0 bridgehead atoms. The molecular formula is C22H19N3O7S3. The van der Waals surface area contributed by atoms with E-state index in [1.54, 1.807) is 48.5 Å². The second-order valence-corrected chi connectivity index (χ2v) is 10.7. The average Bonchev–Trinajstić information content (AvgIpc) is 3.24. The second-order valence-electron chi connectivity index (χ2n) is 7.50. The van der Waals surface area contributed by atoms with E-state index in [9.17, 15) is 22.8 Å². The number of nitrogens with zero attached hydrogens (tertiary/aromatic N) is 2. The van der Waals surface area contributed by atoms with Gasteiger partial charge < -0.3 is 10.1 Å². The molecule has 0 saturated carbocycles. The fourth-order valence-electron chi connectivity index (χ4n) is 3.62. The number of ether oxygens (including phenoxy) is 1. The van der Waals surface area contributed by atoms with Crippen LogP contribution in [0.1, 0.15) is 5.56 Å². The van der Waals surface area contributed by atoms with E-state index in [4.69, 9.17) is 21.5 Å². The zero-order valence-electron chi connectivity index (χ0n) is 18.3. The van der Waals surface area contributed by atoms with Crippen molar-refractivity contribution < 1.29 is 32.1 Å². The maximum absolute atomic E-state index is 13.4. The third kappa shape index (κ3) is 5.22. The zero-order valence-corrected chi connectivity index (χ0v) is 20.7. The SMILES string of the molecule is COc1ccc(NC(=O)CN2C(=O)/C(=C3/SC(=S)N(CCS(=O)(=O)O)C3=O)c3ccccc32)cc1. The lowest BCUT2D eigenvalue weighted by Crippen LogP contribution is -2.36. The number of carbonyl (C=O) groups excluding carboxylic acids is 3. The number of anilines is 2. The Hall–Kier alpha value is -3.26. The molecule has 10 nitrogen and oxygen atoms in total. The van der Waals surface area contributed by atoms with E-state index in [0.717, 1.165) is 16.7 Å². The number of methoxy groups -OCH3 is 1. The number of fused-ring (bicyclic) bond motifs is 1. The first-order valence-electron chi connectivity index (χ1n) is 10.2. The van der Waals surface area contributed by atoms with Crippen LogP contribution in [-0.2, 0) is 24.5 Å². The largest absolute Gasteiger partial charge is 0.497 e. The number of thioether (sulfide) groups is 1. The van der Waals surface area contributed by atoms with Crippen LogP contribution >= 0.6 is 24.0 Å². The predicted molar refractivity (Wildman–Crippen MR) is 136 cm³/mol. The number of rotatable bonds is 7. The zero-order chi connectivity index (χ0) is 25.3. The van der Waals surface area contributed by atoms with Gasteiger partial charge in [-0.3, -0.25) is 28.7 Å². The summed E-state index contributed by atoms with van der Waals surface area (Å²) < 4.78 is 36.4. The lowest BCUT2D eigenvalue weighted by Gasteiger charge is -2.17. The van der Waals surface area contributed by atoms with E-state index in [1.807, 2.05) is 0 Å². The lowest BCUT2D eigenvalue weighted by atomic mass is 10.1. The number of nitrogens with one attached hydrogen (secondary N) is 1. The highest BCUT2D eigenvalue weighted by molar-refractivity contribution is 8.26. The summed E-state index contributed by atoms with van der Waals surface area (Å²) in [5, 5.41) is 2.72. The molecule has 0 aliphatic carbocycles. The van der Waals surface area contributed by atoms with Crippen LogP contribution in [0.5, 0.6) is 5.75 Å². The maximum atomic E-state index is 13.4. The Kier molecular flexibility index (Phi) is 6.94. The van der Waals surface area contributed by atoms with Crippen LogP contribution in [0.3, 0.4) is 0 Å². The van der Waals surface area contributed by atoms with Crippen LogP contribution in [-0.4, -0.2) is 65.9 Å². The Labute approximate surface area is 210 Å². The molecule has 0 unspecified atom stereocenters. The summed E-state index contributed by atoms with van der Waals surface area (Å²) in [6.07, 6.45) is 0. The lowest BCUT2D eigenvalue weighted by molar-refractivity contribution is -0.122. The third-order valence-corrected chi connectivity index (χ3v) is 7.39. The van der Waals surface area contributed by atoms with Crippen molar-refractivity contribution in [2.45, 2.75) is 0 Å². The molecule has 2 aromatic rings. The Balaban J connectivity index is 1.59. The summed E-state index contributed by atoms with van der Waals surface area (Å²) >= 11 is 6.08. The van der Waals surface area contributed by atoms with Gasteiger partial charge in [0.2, 0.25) is 5.91 Å². The summed E-state index contributed by atoms with van der Waals surface area (Å²) in [5.74, 6) is -1.69. The quantitative estimate of drug-likeness (QED) is 0.312. The van der Waals surface area contributed by atoms with E-state index in [-0.39, 0.29) is 27.9 Å². The number of amides is 3. The minimum Gasteiger partial charge on any atom is -0.497 e. The van der Waals surface area contributed by atoms with Crippen molar-refractivity contribution in [1.29, 1.82) is 0 Å². The Bertz CT molecular complexity index is 1370. The molecule has 3 amide bonds. The van der Waals surface area contributed by atoms with Crippen LogP contribution in [0.25, 0.3) is 5.57 Å². The molecule has 2 aliphatic rings. The van der Waals surface area contributed by atoms with Gasteiger partial charge in [-0.15, -0.1) is 0 Å². The molecule has 182 valence electrons. The van der Waals surface area contributed by atoms with E-state index in [2.05, 4.69) is 5.32 Å². The van der Waals surface area contributed by atoms with Crippen molar-refractivity contribution in [2.75, 3.05) is 36.2 Å².